The van der Waals surface area contributed by atoms with Gasteiger partial charge in [0.05, 0.1) is 12.6 Å². The Hall–Kier alpha value is -1.84. The van der Waals surface area contributed by atoms with Gasteiger partial charge in [-0.1, -0.05) is 37.3 Å². The largest absolute Gasteiger partial charge is 0.345 e. The number of hydrogen-bond acceptors (Lipinski definition) is 2. The van der Waals surface area contributed by atoms with E-state index in [-0.39, 0.29) is 30.9 Å². The van der Waals surface area contributed by atoms with Crippen molar-refractivity contribution in [1.82, 2.24) is 10.2 Å². The number of amides is 2. The normalized spacial score (nSPS) is 17.8. The first-order valence-corrected chi connectivity index (χ1v) is 5.83. The van der Waals surface area contributed by atoms with Crippen molar-refractivity contribution < 1.29 is 9.59 Å². The van der Waals surface area contributed by atoms with E-state index >= 15 is 0 Å². The Balaban J connectivity index is 2.23. The summed E-state index contributed by atoms with van der Waals surface area (Å²) < 4.78 is 0. The molecule has 2 amide bonds. The second-order valence-electron chi connectivity index (χ2n) is 4.13. The molecule has 0 aliphatic carbocycles. The molecule has 90 valence electrons. The van der Waals surface area contributed by atoms with Crippen LogP contribution in [-0.4, -0.2) is 29.8 Å². The lowest BCUT2D eigenvalue weighted by Crippen LogP contribution is -2.52. The van der Waals surface area contributed by atoms with Crippen LogP contribution in [0.3, 0.4) is 0 Å². The third kappa shape index (κ3) is 2.46. The summed E-state index contributed by atoms with van der Waals surface area (Å²) in [6.07, 6.45) is 0.809. The molecule has 0 saturated carbocycles. The highest BCUT2D eigenvalue weighted by Crippen LogP contribution is 2.24. The summed E-state index contributed by atoms with van der Waals surface area (Å²) in [5.41, 5.74) is 1.08. The number of piperazine rings is 1. The summed E-state index contributed by atoms with van der Waals surface area (Å²) in [4.78, 5) is 24.9. The van der Waals surface area contributed by atoms with E-state index in [2.05, 4.69) is 5.32 Å². The number of hydrogen-bond donors (Lipinski definition) is 1. The Bertz CT molecular complexity index is 417. The zero-order valence-electron chi connectivity index (χ0n) is 9.85. The maximum atomic E-state index is 11.8. The second kappa shape index (κ2) is 4.99. The molecular weight excluding hydrogens is 216 g/mol. The molecule has 4 nitrogen and oxygen atoms in total. The molecule has 17 heavy (non-hydrogen) atoms. The summed E-state index contributed by atoms with van der Waals surface area (Å²) >= 11 is 0. The molecule has 0 bridgehead atoms. The van der Waals surface area contributed by atoms with Gasteiger partial charge < -0.3 is 10.2 Å². The maximum absolute atomic E-state index is 11.8. The SMILES string of the molecule is CCC(c1ccccc1)N1CC(=O)NCC1=O. The Labute approximate surface area is 101 Å². The highest BCUT2D eigenvalue weighted by Gasteiger charge is 2.29. The molecule has 1 aromatic rings. The van der Waals surface area contributed by atoms with Crippen molar-refractivity contribution >= 4 is 11.8 Å². The fourth-order valence-corrected chi connectivity index (χ4v) is 2.17. The first-order chi connectivity index (χ1) is 8.22. The highest BCUT2D eigenvalue weighted by molar-refractivity contribution is 5.92. The number of nitrogens with one attached hydrogen (secondary N) is 1. The fraction of sp³-hybridized carbons (Fsp3) is 0.385. The van der Waals surface area contributed by atoms with Crippen LogP contribution in [0, 0.1) is 0 Å². The topological polar surface area (TPSA) is 49.4 Å². The van der Waals surface area contributed by atoms with Crippen molar-refractivity contribution in [2.45, 2.75) is 19.4 Å². The van der Waals surface area contributed by atoms with Gasteiger partial charge in [0.1, 0.15) is 6.54 Å². The molecule has 1 unspecified atom stereocenters. The van der Waals surface area contributed by atoms with Gasteiger partial charge >= 0.3 is 0 Å². The van der Waals surface area contributed by atoms with Gasteiger partial charge in [0, 0.05) is 0 Å². The van der Waals surface area contributed by atoms with Crippen molar-refractivity contribution in [3.63, 3.8) is 0 Å². The number of rotatable bonds is 3. The molecule has 1 N–H and O–H groups in total. The lowest BCUT2D eigenvalue weighted by Gasteiger charge is -2.34. The van der Waals surface area contributed by atoms with Crippen LogP contribution in [0.15, 0.2) is 30.3 Å². The van der Waals surface area contributed by atoms with Gasteiger partial charge in [0.15, 0.2) is 0 Å². The highest BCUT2D eigenvalue weighted by atomic mass is 16.2. The minimum Gasteiger partial charge on any atom is -0.345 e. The summed E-state index contributed by atoms with van der Waals surface area (Å²) in [7, 11) is 0. The molecule has 0 spiro atoms. The van der Waals surface area contributed by atoms with Gasteiger partial charge in [-0.3, -0.25) is 9.59 Å². The Morgan fingerprint density at radius 1 is 1.29 bits per heavy atom. The smallest absolute Gasteiger partial charge is 0.242 e. The molecule has 1 aliphatic heterocycles. The van der Waals surface area contributed by atoms with E-state index in [1.54, 1.807) is 4.90 Å². The molecular formula is C13H16N2O2. The summed E-state index contributed by atoms with van der Waals surface area (Å²) in [6.45, 7) is 2.30. The molecule has 0 radical (unpaired) electrons. The van der Waals surface area contributed by atoms with Crippen LogP contribution >= 0.6 is 0 Å². The number of nitrogens with zero attached hydrogens (tertiary/aromatic N) is 1. The molecule has 0 aromatic heterocycles. The molecule has 1 atom stereocenters. The lowest BCUT2D eigenvalue weighted by molar-refractivity contribution is -0.143. The van der Waals surface area contributed by atoms with E-state index in [0.717, 1.165) is 12.0 Å². The molecule has 1 aromatic carbocycles. The van der Waals surface area contributed by atoms with Gasteiger partial charge in [0.25, 0.3) is 0 Å². The van der Waals surface area contributed by atoms with E-state index in [1.165, 1.54) is 0 Å². The fourth-order valence-electron chi connectivity index (χ4n) is 2.17. The minimum atomic E-state index is -0.0843. The third-order valence-corrected chi connectivity index (χ3v) is 3.02. The molecule has 1 heterocycles. The number of benzene rings is 1. The molecule has 4 heteroatoms. The van der Waals surface area contributed by atoms with Crippen LogP contribution in [0.5, 0.6) is 0 Å². The van der Waals surface area contributed by atoms with Crippen LogP contribution in [0.2, 0.25) is 0 Å². The van der Waals surface area contributed by atoms with E-state index in [0.29, 0.717) is 0 Å². The number of carbonyl (C=O) groups excluding carboxylic acids is 2. The van der Waals surface area contributed by atoms with Gasteiger partial charge in [0.2, 0.25) is 11.8 Å². The Morgan fingerprint density at radius 2 is 2.00 bits per heavy atom. The second-order valence-corrected chi connectivity index (χ2v) is 4.13. The minimum absolute atomic E-state index is 0.00486. The third-order valence-electron chi connectivity index (χ3n) is 3.02. The standard InChI is InChI=1S/C13H16N2O2/c1-2-11(10-6-4-3-5-7-10)15-9-12(16)14-8-13(15)17/h3-7,11H,2,8-9H2,1H3,(H,14,16). The van der Waals surface area contributed by atoms with Crippen molar-refractivity contribution in [1.29, 1.82) is 0 Å². The van der Waals surface area contributed by atoms with Crippen LogP contribution in [-0.2, 0) is 9.59 Å². The molecule has 1 fully saturated rings. The van der Waals surface area contributed by atoms with Gasteiger partial charge in [-0.2, -0.15) is 0 Å². The molecule has 1 saturated heterocycles. The average molecular weight is 232 g/mol. The van der Waals surface area contributed by atoms with Crippen LogP contribution in [0.4, 0.5) is 0 Å². The van der Waals surface area contributed by atoms with Gasteiger partial charge in [-0.25, -0.2) is 0 Å². The monoisotopic (exact) mass is 232 g/mol. The van der Waals surface area contributed by atoms with Crippen LogP contribution in [0.1, 0.15) is 24.9 Å². The van der Waals surface area contributed by atoms with Gasteiger partial charge in [-0.15, -0.1) is 0 Å². The summed E-state index contributed by atoms with van der Waals surface area (Å²) in [5.74, 6) is -0.0979. The maximum Gasteiger partial charge on any atom is 0.242 e. The first-order valence-electron chi connectivity index (χ1n) is 5.83. The van der Waals surface area contributed by atoms with E-state index in [4.69, 9.17) is 0 Å². The van der Waals surface area contributed by atoms with E-state index in [9.17, 15) is 9.59 Å². The lowest BCUT2D eigenvalue weighted by atomic mass is 10.0. The average Bonchev–Trinajstić information content (AvgIpc) is 2.36. The van der Waals surface area contributed by atoms with Gasteiger partial charge in [-0.05, 0) is 12.0 Å². The molecule has 1 aliphatic rings. The number of carbonyl (C=O) groups is 2. The Morgan fingerprint density at radius 3 is 2.65 bits per heavy atom. The first kappa shape index (κ1) is 11.6. The molecule has 2 rings (SSSR count). The van der Waals surface area contributed by atoms with Crippen LogP contribution < -0.4 is 5.32 Å². The van der Waals surface area contributed by atoms with Crippen molar-refractivity contribution in [2.24, 2.45) is 0 Å². The van der Waals surface area contributed by atoms with Crippen molar-refractivity contribution in [2.75, 3.05) is 13.1 Å². The van der Waals surface area contributed by atoms with E-state index in [1.807, 2.05) is 37.3 Å². The summed E-state index contributed by atoms with van der Waals surface area (Å²) in [5, 5.41) is 2.56. The van der Waals surface area contributed by atoms with Crippen LogP contribution in [0.25, 0.3) is 0 Å². The summed E-state index contributed by atoms with van der Waals surface area (Å²) in [6, 6.07) is 9.83. The zero-order chi connectivity index (χ0) is 12.3. The van der Waals surface area contributed by atoms with Crippen molar-refractivity contribution in [3.05, 3.63) is 35.9 Å². The predicted molar refractivity (Wildman–Crippen MR) is 64.2 cm³/mol. The van der Waals surface area contributed by atoms with E-state index < -0.39 is 0 Å². The predicted octanol–water partition coefficient (Wildman–Crippen LogP) is 1.10. The Kier molecular flexibility index (Phi) is 3.42. The quantitative estimate of drug-likeness (QED) is 0.848. The van der Waals surface area contributed by atoms with Crippen molar-refractivity contribution in [3.8, 4) is 0 Å². The zero-order valence-corrected chi connectivity index (χ0v) is 9.85.